The fraction of sp³-hybridized carbons (Fsp3) is 0.125. The number of imidazole rings is 1. The Hall–Kier alpha value is -3.12. The van der Waals surface area contributed by atoms with Crippen LogP contribution >= 0.6 is 7.92 Å². The monoisotopic (exact) mass is 478 g/mol. The Morgan fingerprint density at radius 1 is 0.697 bits per heavy atom. The highest BCUT2D eigenvalue weighted by atomic mass is 31.1. The Bertz CT molecular complexity index is 1180. The topological polar surface area (TPSA) is 17.8 Å². The van der Waals surface area contributed by atoms with E-state index in [0.29, 0.717) is 11.3 Å². The minimum absolute atomic E-state index is 0.129. The Balaban J connectivity index is 1.97. The van der Waals surface area contributed by atoms with E-state index in [0.717, 1.165) is 22.7 Å². The van der Waals surface area contributed by atoms with Crippen LogP contribution in [0.4, 0.5) is 26.3 Å². The summed E-state index contributed by atoms with van der Waals surface area (Å²) < 4.78 is 82.1. The number of halogens is 6. The van der Waals surface area contributed by atoms with E-state index in [2.05, 4.69) is 4.98 Å². The average molecular weight is 478 g/mol. The zero-order valence-corrected chi connectivity index (χ0v) is 18.1. The first-order valence-corrected chi connectivity index (χ1v) is 11.1. The zero-order valence-electron chi connectivity index (χ0n) is 17.2. The van der Waals surface area contributed by atoms with Gasteiger partial charge < -0.3 is 0 Å². The molecule has 0 aliphatic heterocycles. The second-order valence-electron chi connectivity index (χ2n) is 7.32. The van der Waals surface area contributed by atoms with Gasteiger partial charge in [0, 0.05) is 19.8 Å². The summed E-state index contributed by atoms with van der Waals surface area (Å²) in [6.45, 7) is 1.65. The minimum Gasteiger partial charge on any atom is -0.299 e. The van der Waals surface area contributed by atoms with Crippen LogP contribution in [0.5, 0.6) is 0 Å². The van der Waals surface area contributed by atoms with Crippen LogP contribution in [0.3, 0.4) is 0 Å². The molecule has 9 heteroatoms. The predicted octanol–water partition coefficient (Wildman–Crippen LogP) is 5.98. The van der Waals surface area contributed by atoms with Gasteiger partial charge in [0.1, 0.15) is 5.57 Å². The van der Waals surface area contributed by atoms with Gasteiger partial charge in [0.2, 0.25) is 0 Å². The molecular formula is C24H17F6N2P. The third kappa shape index (κ3) is 4.96. The molecule has 0 radical (unpaired) electrons. The summed E-state index contributed by atoms with van der Waals surface area (Å²) in [5, 5.41) is 1.74. The molecule has 1 heterocycles. The number of aromatic nitrogens is 2. The molecule has 0 fully saturated rings. The van der Waals surface area contributed by atoms with Crippen molar-refractivity contribution < 1.29 is 26.3 Å². The fourth-order valence-electron chi connectivity index (χ4n) is 3.44. The van der Waals surface area contributed by atoms with Crippen molar-refractivity contribution in [3.05, 3.63) is 102 Å². The van der Waals surface area contributed by atoms with Crippen molar-refractivity contribution in [1.29, 1.82) is 0 Å². The Labute approximate surface area is 187 Å². The molecule has 0 N–H and O–H groups in total. The molecule has 0 atom stereocenters. The minimum atomic E-state index is -4.94. The molecule has 1 aromatic heterocycles. The molecule has 2 nitrogen and oxygen atoms in total. The summed E-state index contributed by atoms with van der Waals surface area (Å²) in [7, 11) is -1.36. The van der Waals surface area contributed by atoms with E-state index < -0.39 is 31.4 Å². The Morgan fingerprint density at radius 2 is 1.15 bits per heavy atom. The van der Waals surface area contributed by atoms with Crippen LogP contribution in [0.2, 0.25) is 0 Å². The lowest BCUT2D eigenvalue weighted by atomic mass is 10.1. The van der Waals surface area contributed by atoms with Crippen molar-refractivity contribution in [2.24, 2.45) is 0 Å². The standard InChI is InChI=1S/C24H17F6N2P/c1-16-15-32(19-13-17(23(25,26)27)12-18(14-19)24(28,29)30)22(31-16)33(20-8-4-2-5-9-20)21-10-6-3-7-11-21/h2-15H,1H3. The predicted molar refractivity (Wildman–Crippen MR) is 117 cm³/mol. The summed E-state index contributed by atoms with van der Waals surface area (Å²) >= 11 is 0. The molecule has 0 amide bonds. The summed E-state index contributed by atoms with van der Waals surface area (Å²) in [6, 6.07) is 20.1. The first-order chi connectivity index (χ1) is 15.5. The van der Waals surface area contributed by atoms with Gasteiger partial charge in [-0.15, -0.1) is 0 Å². The smallest absolute Gasteiger partial charge is 0.299 e. The van der Waals surface area contributed by atoms with Crippen molar-refractivity contribution in [3.8, 4) is 5.69 Å². The van der Waals surface area contributed by atoms with E-state index in [4.69, 9.17) is 0 Å². The molecule has 0 saturated carbocycles. The first-order valence-electron chi connectivity index (χ1n) is 9.80. The van der Waals surface area contributed by atoms with Crippen LogP contribution in [-0.2, 0) is 12.4 Å². The summed E-state index contributed by atoms with van der Waals surface area (Å²) in [6.07, 6.45) is -8.41. The first kappa shape index (κ1) is 23.1. The van der Waals surface area contributed by atoms with Crippen LogP contribution in [0.15, 0.2) is 85.1 Å². The van der Waals surface area contributed by atoms with Crippen LogP contribution < -0.4 is 16.2 Å². The SMILES string of the molecule is Cc1cn(-c2cc(C(F)(F)F)cc(C(F)(F)F)c2)c(P(c2ccccc2)c2ccccc2)n1. The highest BCUT2D eigenvalue weighted by Crippen LogP contribution is 2.38. The van der Waals surface area contributed by atoms with Gasteiger partial charge >= 0.3 is 12.4 Å². The van der Waals surface area contributed by atoms with Crippen LogP contribution in [0.1, 0.15) is 16.8 Å². The molecule has 170 valence electrons. The van der Waals surface area contributed by atoms with Crippen molar-refractivity contribution in [2.75, 3.05) is 0 Å². The number of hydrogen-bond acceptors (Lipinski definition) is 1. The Morgan fingerprint density at radius 3 is 1.58 bits per heavy atom. The largest absolute Gasteiger partial charge is 0.416 e. The van der Waals surface area contributed by atoms with Crippen molar-refractivity contribution in [3.63, 3.8) is 0 Å². The van der Waals surface area contributed by atoms with Gasteiger partial charge in [-0.25, -0.2) is 4.98 Å². The summed E-state index contributed by atoms with van der Waals surface area (Å²) in [5.74, 6) is 0. The molecule has 0 saturated heterocycles. The van der Waals surface area contributed by atoms with E-state index in [1.54, 1.807) is 6.92 Å². The Kier molecular flexibility index (Phi) is 6.06. The molecule has 0 aliphatic carbocycles. The highest BCUT2D eigenvalue weighted by Gasteiger charge is 2.37. The van der Waals surface area contributed by atoms with E-state index in [-0.39, 0.29) is 11.8 Å². The third-order valence-electron chi connectivity index (χ3n) is 4.89. The van der Waals surface area contributed by atoms with E-state index in [9.17, 15) is 26.3 Å². The van der Waals surface area contributed by atoms with E-state index >= 15 is 0 Å². The summed E-state index contributed by atoms with van der Waals surface area (Å²) in [4.78, 5) is 4.55. The fourth-order valence-corrected chi connectivity index (χ4v) is 5.79. The maximum absolute atomic E-state index is 13.5. The van der Waals surface area contributed by atoms with Gasteiger partial charge in [-0.2, -0.15) is 26.3 Å². The lowest BCUT2D eigenvalue weighted by molar-refractivity contribution is -0.143. The van der Waals surface area contributed by atoms with Crippen molar-refractivity contribution in [1.82, 2.24) is 9.55 Å². The molecule has 0 aliphatic rings. The lowest BCUT2D eigenvalue weighted by Crippen LogP contribution is -2.27. The van der Waals surface area contributed by atoms with Crippen molar-refractivity contribution in [2.45, 2.75) is 19.3 Å². The van der Waals surface area contributed by atoms with Gasteiger partial charge in [-0.3, -0.25) is 4.57 Å². The second kappa shape index (κ2) is 8.67. The lowest BCUT2D eigenvalue weighted by Gasteiger charge is -2.21. The summed E-state index contributed by atoms with van der Waals surface area (Å²) in [5.41, 5.74) is -2.11. The molecule has 4 aromatic rings. The van der Waals surface area contributed by atoms with E-state index in [1.807, 2.05) is 60.7 Å². The maximum atomic E-state index is 13.5. The molecule has 4 rings (SSSR count). The molecular weight excluding hydrogens is 461 g/mol. The molecule has 0 spiro atoms. The number of hydrogen-bond donors (Lipinski definition) is 0. The van der Waals surface area contributed by atoms with E-state index in [1.165, 1.54) is 10.8 Å². The third-order valence-corrected chi connectivity index (χ3v) is 7.23. The molecule has 0 unspecified atom stereocenters. The molecule has 33 heavy (non-hydrogen) atoms. The second-order valence-corrected chi connectivity index (χ2v) is 9.43. The van der Waals surface area contributed by atoms with Crippen LogP contribution in [0.25, 0.3) is 5.69 Å². The number of benzene rings is 3. The van der Waals surface area contributed by atoms with Gasteiger partial charge in [-0.05, 0) is 35.7 Å². The van der Waals surface area contributed by atoms with Crippen LogP contribution in [0, 0.1) is 6.92 Å². The van der Waals surface area contributed by atoms with Gasteiger partial charge in [0.05, 0.1) is 16.8 Å². The van der Waals surface area contributed by atoms with Crippen molar-refractivity contribution >= 4 is 24.1 Å². The normalized spacial score (nSPS) is 12.4. The van der Waals surface area contributed by atoms with Gasteiger partial charge in [0.15, 0.2) is 0 Å². The highest BCUT2D eigenvalue weighted by molar-refractivity contribution is 7.79. The maximum Gasteiger partial charge on any atom is 0.416 e. The molecule has 3 aromatic carbocycles. The number of aryl methyl sites for hydroxylation is 1. The average Bonchev–Trinajstić information content (AvgIpc) is 3.15. The van der Waals surface area contributed by atoms with Crippen LogP contribution in [-0.4, -0.2) is 9.55 Å². The number of rotatable bonds is 4. The quantitative estimate of drug-likeness (QED) is 0.261. The molecule has 0 bridgehead atoms. The van der Waals surface area contributed by atoms with Gasteiger partial charge in [0.25, 0.3) is 0 Å². The number of nitrogens with zero attached hydrogens (tertiary/aromatic N) is 2. The van der Waals surface area contributed by atoms with Gasteiger partial charge in [-0.1, -0.05) is 60.7 Å². The zero-order chi connectivity index (χ0) is 23.8. The number of alkyl halides is 6.